The van der Waals surface area contributed by atoms with E-state index in [0.717, 1.165) is 73.2 Å². The van der Waals surface area contributed by atoms with Crippen LogP contribution in [0.1, 0.15) is 52.4 Å². The maximum Gasteiger partial charge on any atom is 0.262 e. The summed E-state index contributed by atoms with van der Waals surface area (Å²) in [5.41, 5.74) is 3.26. The first kappa shape index (κ1) is 27.3. The molecule has 1 unspecified atom stereocenters. The lowest BCUT2D eigenvalue weighted by Gasteiger charge is -2.35. The Morgan fingerprint density at radius 1 is 0.977 bits per heavy atom. The van der Waals surface area contributed by atoms with Gasteiger partial charge in [-0.3, -0.25) is 34.1 Å². The average Bonchev–Trinajstić information content (AvgIpc) is 3.56. The molecule has 1 aromatic carbocycles. The van der Waals surface area contributed by atoms with Crippen molar-refractivity contribution in [1.29, 1.82) is 0 Å². The maximum absolute atomic E-state index is 13.1. The van der Waals surface area contributed by atoms with Crippen LogP contribution in [0, 0.1) is 5.92 Å². The quantitative estimate of drug-likeness (QED) is 0.402. The predicted molar refractivity (Wildman–Crippen MR) is 159 cm³/mol. The zero-order valence-corrected chi connectivity index (χ0v) is 24.0. The third kappa shape index (κ3) is 5.16. The molecule has 3 aromatic rings. The molecule has 0 spiro atoms. The van der Waals surface area contributed by atoms with Crippen LogP contribution in [-0.2, 0) is 9.59 Å². The summed E-state index contributed by atoms with van der Waals surface area (Å²) in [6.07, 6.45) is 6.18. The molecule has 0 bridgehead atoms. The number of carbonyl (C=O) groups is 4. The topological polar surface area (TPSA) is 133 Å². The van der Waals surface area contributed by atoms with Gasteiger partial charge in [0.05, 0.1) is 29.1 Å². The number of likely N-dealkylation sites (N-methyl/N-ethyl adjacent to an activating group) is 1. The number of imide groups is 2. The number of amides is 4. The second-order valence-electron chi connectivity index (χ2n) is 12.0. The molecule has 222 valence electrons. The molecular formula is C31H34N8O4. The van der Waals surface area contributed by atoms with Gasteiger partial charge in [-0.15, -0.1) is 0 Å². The Morgan fingerprint density at radius 3 is 2.56 bits per heavy atom. The molecule has 4 aliphatic rings. The van der Waals surface area contributed by atoms with Gasteiger partial charge in [0.2, 0.25) is 11.8 Å². The number of hydrogen-bond donors (Lipinski definition) is 2. The molecule has 5 heterocycles. The summed E-state index contributed by atoms with van der Waals surface area (Å²) in [5.74, 6) is -0.540. The Kier molecular flexibility index (Phi) is 6.92. The summed E-state index contributed by atoms with van der Waals surface area (Å²) in [4.78, 5) is 60.4. The Balaban J connectivity index is 0.936. The van der Waals surface area contributed by atoms with E-state index in [2.05, 4.69) is 50.9 Å². The van der Waals surface area contributed by atoms with E-state index >= 15 is 0 Å². The van der Waals surface area contributed by atoms with Gasteiger partial charge in [-0.1, -0.05) is 6.07 Å². The van der Waals surface area contributed by atoms with Crippen molar-refractivity contribution < 1.29 is 19.2 Å². The second-order valence-corrected chi connectivity index (χ2v) is 12.0. The first-order chi connectivity index (χ1) is 20.8. The van der Waals surface area contributed by atoms with Crippen molar-refractivity contribution in [2.75, 3.05) is 50.0 Å². The number of benzene rings is 1. The summed E-state index contributed by atoms with van der Waals surface area (Å²) < 4.78 is 2.04. The van der Waals surface area contributed by atoms with Gasteiger partial charge in [-0.25, -0.2) is 4.98 Å². The molecule has 7 rings (SSSR count). The third-order valence-electron chi connectivity index (χ3n) is 9.08. The van der Waals surface area contributed by atoms with Crippen LogP contribution < -0.4 is 15.5 Å². The molecule has 2 saturated heterocycles. The summed E-state index contributed by atoms with van der Waals surface area (Å²) >= 11 is 0. The number of piperazine rings is 1. The summed E-state index contributed by atoms with van der Waals surface area (Å²) in [7, 11) is 2.15. The average molecular weight is 583 g/mol. The van der Waals surface area contributed by atoms with Crippen molar-refractivity contribution in [3.8, 4) is 11.3 Å². The van der Waals surface area contributed by atoms with Gasteiger partial charge in [-0.2, -0.15) is 5.10 Å². The maximum atomic E-state index is 13.1. The first-order valence-corrected chi connectivity index (χ1v) is 14.9. The van der Waals surface area contributed by atoms with Crippen LogP contribution in [0.15, 0.2) is 48.8 Å². The number of hydrogen-bond acceptors (Lipinski definition) is 9. The monoisotopic (exact) mass is 582 g/mol. The van der Waals surface area contributed by atoms with Crippen LogP contribution in [0.2, 0.25) is 0 Å². The van der Waals surface area contributed by atoms with Gasteiger partial charge in [0.1, 0.15) is 11.9 Å². The van der Waals surface area contributed by atoms with E-state index < -0.39 is 23.8 Å². The number of piperidine rings is 1. The third-order valence-corrected chi connectivity index (χ3v) is 9.08. The van der Waals surface area contributed by atoms with E-state index in [1.165, 1.54) is 0 Å². The highest BCUT2D eigenvalue weighted by Crippen LogP contribution is 2.38. The summed E-state index contributed by atoms with van der Waals surface area (Å²) in [6, 6.07) is 10.6. The lowest BCUT2D eigenvalue weighted by atomic mass is 9.80. The molecule has 12 nitrogen and oxygen atoms in total. The lowest BCUT2D eigenvalue weighted by molar-refractivity contribution is -0.136. The van der Waals surface area contributed by atoms with Crippen LogP contribution in [0.3, 0.4) is 0 Å². The molecule has 3 aliphatic heterocycles. The van der Waals surface area contributed by atoms with Gasteiger partial charge in [-0.05, 0) is 62.6 Å². The number of nitrogens with zero attached hydrogens (tertiary/aromatic N) is 6. The molecule has 3 fully saturated rings. The van der Waals surface area contributed by atoms with E-state index in [0.29, 0.717) is 12.0 Å². The van der Waals surface area contributed by atoms with E-state index in [9.17, 15) is 19.2 Å². The molecule has 2 aromatic heterocycles. The van der Waals surface area contributed by atoms with Gasteiger partial charge in [0, 0.05) is 56.6 Å². The molecule has 4 amide bonds. The highest BCUT2D eigenvalue weighted by molar-refractivity contribution is 6.23. The van der Waals surface area contributed by atoms with Crippen LogP contribution in [-0.4, -0.2) is 94.0 Å². The molecular weight excluding hydrogens is 548 g/mol. The van der Waals surface area contributed by atoms with Crippen LogP contribution in [0.4, 0.5) is 11.5 Å². The predicted octanol–water partition coefficient (Wildman–Crippen LogP) is 2.16. The fraction of sp³-hybridized carbons (Fsp3) is 0.419. The van der Waals surface area contributed by atoms with Crippen LogP contribution in [0.25, 0.3) is 11.3 Å². The minimum Gasteiger partial charge on any atom is -0.385 e. The number of aromatic nitrogens is 3. The first-order valence-electron chi connectivity index (χ1n) is 14.9. The van der Waals surface area contributed by atoms with Crippen molar-refractivity contribution in [3.05, 3.63) is 59.9 Å². The highest BCUT2D eigenvalue weighted by atomic mass is 16.2. The largest absolute Gasteiger partial charge is 0.385 e. The fourth-order valence-electron chi connectivity index (χ4n) is 6.39. The number of fused-ring (bicyclic) bond motifs is 1. The Hall–Kier alpha value is -4.58. The highest BCUT2D eigenvalue weighted by Gasteiger charge is 2.44. The van der Waals surface area contributed by atoms with E-state index in [1.54, 1.807) is 18.2 Å². The van der Waals surface area contributed by atoms with Crippen molar-refractivity contribution in [1.82, 2.24) is 29.9 Å². The zero-order valence-electron chi connectivity index (χ0n) is 24.0. The Labute approximate surface area is 249 Å². The summed E-state index contributed by atoms with van der Waals surface area (Å²) in [5, 5.41) is 10.3. The molecule has 1 aliphatic carbocycles. The Morgan fingerprint density at radius 2 is 1.77 bits per heavy atom. The van der Waals surface area contributed by atoms with Gasteiger partial charge in [0.25, 0.3) is 11.8 Å². The molecule has 12 heteroatoms. The second kappa shape index (κ2) is 10.9. The van der Waals surface area contributed by atoms with E-state index in [1.807, 2.05) is 16.9 Å². The number of pyridine rings is 1. The number of nitrogens with one attached hydrogen (secondary N) is 2. The number of carbonyl (C=O) groups excluding carboxylic acids is 4. The fourth-order valence-corrected chi connectivity index (χ4v) is 6.39. The van der Waals surface area contributed by atoms with Crippen molar-refractivity contribution in [2.45, 2.75) is 37.8 Å². The molecule has 43 heavy (non-hydrogen) atoms. The number of rotatable bonds is 7. The standard InChI is InChI=1S/C31H34N8O4/c1-36-9-11-37(12-10-36)27-4-2-3-25(34-27)20-17-33-38(18-20)22-13-19(14-22)16-32-21-5-6-23-24(15-21)31(43)39(30(23)42)26-7-8-28(40)35-29(26)41/h2-6,15,17-19,22,26,32H,7-14,16H2,1H3,(H,35,40,41)/t19-,22-,26?. The van der Waals surface area contributed by atoms with E-state index in [4.69, 9.17) is 4.98 Å². The SMILES string of the molecule is CN1CCN(c2cccc(-c3cnn([C@H]4C[C@H](CNc5ccc6c(c5)C(=O)N(C5CCC(=O)NC5=O)C6=O)C4)c3)n2)CC1. The minimum absolute atomic E-state index is 0.0971. The summed E-state index contributed by atoms with van der Waals surface area (Å²) in [6.45, 7) is 4.76. The van der Waals surface area contributed by atoms with Crippen LogP contribution in [0.5, 0.6) is 0 Å². The lowest BCUT2D eigenvalue weighted by Crippen LogP contribution is -2.54. The van der Waals surface area contributed by atoms with Gasteiger partial charge >= 0.3 is 0 Å². The van der Waals surface area contributed by atoms with Crippen molar-refractivity contribution in [2.24, 2.45) is 5.92 Å². The Bertz CT molecular complexity index is 1600. The minimum atomic E-state index is -0.965. The number of anilines is 2. The van der Waals surface area contributed by atoms with Gasteiger partial charge < -0.3 is 15.1 Å². The molecule has 0 radical (unpaired) electrons. The van der Waals surface area contributed by atoms with E-state index in [-0.39, 0.29) is 29.9 Å². The molecule has 1 atom stereocenters. The normalized spacial score (nSPS) is 24.2. The van der Waals surface area contributed by atoms with Crippen molar-refractivity contribution >= 4 is 35.1 Å². The van der Waals surface area contributed by atoms with Gasteiger partial charge in [0.15, 0.2) is 0 Å². The van der Waals surface area contributed by atoms with Crippen LogP contribution >= 0.6 is 0 Å². The zero-order chi connectivity index (χ0) is 29.7. The molecule has 1 saturated carbocycles. The van der Waals surface area contributed by atoms with Crippen molar-refractivity contribution in [3.63, 3.8) is 0 Å². The smallest absolute Gasteiger partial charge is 0.262 e. The molecule has 2 N–H and O–H groups in total.